The number of hydrogen-bond donors (Lipinski definition) is 1. The van der Waals surface area contributed by atoms with Gasteiger partial charge in [-0.05, 0) is 43.2 Å². The Balaban J connectivity index is 2.15. The summed E-state index contributed by atoms with van der Waals surface area (Å²) in [7, 11) is 1.53. The smallest absolute Gasteiger partial charge is 0.268 e. The fourth-order valence-corrected chi connectivity index (χ4v) is 3.21. The van der Waals surface area contributed by atoms with Gasteiger partial charge in [-0.1, -0.05) is 11.6 Å². The Labute approximate surface area is 155 Å². The Morgan fingerprint density at radius 3 is 2.65 bits per heavy atom. The first-order valence-electron chi connectivity index (χ1n) is 8.38. The van der Waals surface area contributed by atoms with E-state index in [4.69, 9.17) is 16.3 Å². The topological polar surface area (TPSA) is 77.4 Å². The van der Waals surface area contributed by atoms with Crippen molar-refractivity contribution in [2.75, 3.05) is 20.3 Å². The van der Waals surface area contributed by atoms with Crippen molar-refractivity contribution >= 4 is 23.3 Å². The molecule has 0 fully saturated rings. The third kappa shape index (κ3) is 3.57. The first-order chi connectivity index (χ1) is 12.5. The van der Waals surface area contributed by atoms with Gasteiger partial charge >= 0.3 is 0 Å². The minimum Gasteiger partial charge on any atom is -0.383 e. The summed E-state index contributed by atoms with van der Waals surface area (Å²) in [6.07, 6.45) is 1.69. The van der Waals surface area contributed by atoms with Crippen molar-refractivity contribution in [3.63, 3.8) is 0 Å². The summed E-state index contributed by atoms with van der Waals surface area (Å²) < 4.78 is 6.36. The number of nitrogens with zero attached hydrogens (tertiary/aromatic N) is 1. The first-order valence-corrected chi connectivity index (χ1v) is 8.76. The van der Waals surface area contributed by atoms with Crippen LogP contribution in [-0.4, -0.2) is 36.5 Å². The number of benzene rings is 1. The maximum atomic E-state index is 13.0. The Hall–Kier alpha value is -2.44. The fourth-order valence-electron chi connectivity index (χ4n) is 3.08. The van der Waals surface area contributed by atoms with Gasteiger partial charge in [-0.15, -0.1) is 0 Å². The lowest BCUT2D eigenvalue weighted by Crippen LogP contribution is -2.37. The SMILES string of the molecule is COCCNC(=O)c1cc2c(n(-c3ccc(Cl)cc3)c1=O)CCCC2=O. The van der Waals surface area contributed by atoms with E-state index >= 15 is 0 Å². The molecule has 0 spiro atoms. The van der Waals surface area contributed by atoms with Crippen molar-refractivity contribution in [2.45, 2.75) is 19.3 Å². The van der Waals surface area contributed by atoms with Crippen molar-refractivity contribution in [3.05, 3.63) is 62.5 Å². The summed E-state index contributed by atoms with van der Waals surface area (Å²) >= 11 is 5.94. The molecule has 1 aromatic heterocycles. The number of nitrogens with one attached hydrogen (secondary N) is 1. The number of carbonyl (C=O) groups is 2. The van der Waals surface area contributed by atoms with Crippen molar-refractivity contribution in [2.24, 2.45) is 0 Å². The van der Waals surface area contributed by atoms with Crippen LogP contribution in [0.15, 0.2) is 35.1 Å². The highest BCUT2D eigenvalue weighted by Crippen LogP contribution is 2.24. The van der Waals surface area contributed by atoms with Crippen molar-refractivity contribution in [1.82, 2.24) is 9.88 Å². The minimum absolute atomic E-state index is 0.0509. The lowest BCUT2D eigenvalue weighted by Gasteiger charge is -2.21. The Bertz CT molecular complexity index is 903. The fraction of sp³-hybridized carbons (Fsp3) is 0.316. The number of aromatic nitrogens is 1. The van der Waals surface area contributed by atoms with Gasteiger partial charge in [-0.2, -0.15) is 0 Å². The average Bonchev–Trinajstić information content (AvgIpc) is 2.63. The maximum absolute atomic E-state index is 13.0. The number of ether oxygens (including phenoxy) is 1. The first kappa shape index (κ1) is 18.4. The number of pyridine rings is 1. The lowest BCUT2D eigenvalue weighted by atomic mass is 9.92. The number of amides is 1. The second kappa shape index (κ2) is 7.85. The largest absolute Gasteiger partial charge is 0.383 e. The van der Waals surface area contributed by atoms with E-state index in [0.717, 1.165) is 0 Å². The number of rotatable bonds is 5. The summed E-state index contributed by atoms with van der Waals surface area (Å²) in [6, 6.07) is 8.18. The molecule has 1 amide bonds. The number of halogens is 1. The van der Waals surface area contributed by atoms with E-state index in [0.29, 0.717) is 47.8 Å². The van der Waals surface area contributed by atoms with E-state index < -0.39 is 11.5 Å². The van der Waals surface area contributed by atoms with Crippen LogP contribution in [0.5, 0.6) is 0 Å². The van der Waals surface area contributed by atoms with Crippen LogP contribution < -0.4 is 10.9 Å². The quantitative estimate of drug-likeness (QED) is 0.815. The molecule has 6 nitrogen and oxygen atoms in total. The van der Waals surface area contributed by atoms with Crippen LogP contribution in [0.4, 0.5) is 0 Å². The van der Waals surface area contributed by atoms with Crippen molar-refractivity contribution in [3.8, 4) is 5.69 Å². The predicted molar refractivity (Wildman–Crippen MR) is 98.5 cm³/mol. The molecule has 0 unspecified atom stereocenters. The van der Waals surface area contributed by atoms with E-state index in [1.807, 2.05) is 0 Å². The van der Waals surface area contributed by atoms with Gasteiger partial charge < -0.3 is 10.1 Å². The van der Waals surface area contributed by atoms with Gasteiger partial charge in [0.25, 0.3) is 11.5 Å². The predicted octanol–water partition coefficient (Wildman–Crippen LogP) is 2.39. The van der Waals surface area contributed by atoms with Crippen molar-refractivity contribution in [1.29, 1.82) is 0 Å². The normalized spacial score (nSPS) is 13.4. The molecule has 0 saturated carbocycles. The van der Waals surface area contributed by atoms with Crippen LogP contribution in [0.3, 0.4) is 0 Å². The second-order valence-electron chi connectivity index (χ2n) is 6.06. The van der Waals surface area contributed by atoms with Crippen LogP contribution in [0.2, 0.25) is 5.02 Å². The second-order valence-corrected chi connectivity index (χ2v) is 6.50. The molecular weight excluding hydrogens is 356 g/mol. The number of Topliss-reactive ketones (excluding diaryl/α,β-unsaturated/α-hetero) is 1. The highest BCUT2D eigenvalue weighted by molar-refractivity contribution is 6.30. The van der Waals surface area contributed by atoms with E-state index in [1.165, 1.54) is 17.7 Å². The van der Waals surface area contributed by atoms with Crippen LogP contribution in [0.25, 0.3) is 5.69 Å². The van der Waals surface area contributed by atoms with Gasteiger partial charge in [-0.25, -0.2) is 0 Å². The highest BCUT2D eigenvalue weighted by Gasteiger charge is 2.26. The zero-order valence-electron chi connectivity index (χ0n) is 14.4. The molecule has 0 saturated heterocycles. The Morgan fingerprint density at radius 2 is 1.96 bits per heavy atom. The minimum atomic E-state index is -0.518. The van der Waals surface area contributed by atoms with E-state index in [9.17, 15) is 14.4 Å². The van der Waals surface area contributed by atoms with Gasteiger partial charge in [0.05, 0.1) is 6.61 Å². The van der Waals surface area contributed by atoms with Crippen LogP contribution in [0, 0.1) is 0 Å². The van der Waals surface area contributed by atoms with Gasteiger partial charge in [-0.3, -0.25) is 19.0 Å². The number of hydrogen-bond acceptors (Lipinski definition) is 4. The molecule has 1 aromatic carbocycles. The number of ketones is 1. The third-order valence-electron chi connectivity index (χ3n) is 4.34. The lowest BCUT2D eigenvalue weighted by molar-refractivity contribution is 0.0935. The average molecular weight is 375 g/mol. The van der Waals surface area contributed by atoms with Gasteiger partial charge in [0.2, 0.25) is 0 Å². The summed E-state index contributed by atoms with van der Waals surface area (Å²) in [6.45, 7) is 0.613. The molecule has 0 aliphatic heterocycles. The number of carbonyl (C=O) groups excluding carboxylic acids is 2. The molecule has 0 atom stereocenters. The third-order valence-corrected chi connectivity index (χ3v) is 4.59. The van der Waals surface area contributed by atoms with Crippen LogP contribution in [-0.2, 0) is 11.2 Å². The summed E-state index contributed by atoms with van der Waals surface area (Å²) in [5.74, 6) is -0.573. The van der Waals surface area contributed by atoms with Gasteiger partial charge in [0.15, 0.2) is 5.78 Å². The summed E-state index contributed by atoms with van der Waals surface area (Å²) in [5, 5.41) is 3.18. The maximum Gasteiger partial charge on any atom is 0.268 e. The molecule has 1 N–H and O–H groups in total. The summed E-state index contributed by atoms with van der Waals surface area (Å²) in [5.41, 5.74) is 1.15. The van der Waals surface area contributed by atoms with E-state index in [2.05, 4.69) is 5.32 Å². The molecule has 3 rings (SSSR count). The molecule has 1 aliphatic carbocycles. The molecule has 26 heavy (non-hydrogen) atoms. The standard InChI is InChI=1S/C19H19ClN2O4/c1-26-10-9-21-18(24)15-11-14-16(3-2-4-17(14)23)22(19(15)25)13-7-5-12(20)6-8-13/h5-8,11H,2-4,9-10H2,1H3,(H,21,24). The van der Waals surface area contributed by atoms with Crippen molar-refractivity contribution < 1.29 is 14.3 Å². The molecular formula is C19H19ClN2O4. The molecule has 7 heteroatoms. The number of fused-ring (bicyclic) bond motifs is 1. The molecule has 136 valence electrons. The Kier molecular flexibility index (Phi) is 5.54. The van der Waals surface area contributed by atoms with E-state index in [1.54, 1.807) is 24.3 Å². The summed E-state index contributed by atoms with van der Waals surface area (Å²) in [4.78, 5) is 37.9. The zero-order valence-corrected chi connectivity index (χ0v) is 15.1. The monoisotopic (exact) mass is 374 g/mol. The molecule has 0 radical (unpaired) electrons. The van der Waals surface area contributed by atoms with Gasteiger partial charge in [0.1, 0.15) is 5.56 Å². The molecule has 0 bridgehead atoms. The molecule has 2 aromatic rings. The van der Waals surface area contributed by atoms with Gasteiger partial charge in [0, 0.05) is 42.0 Å². The molecule has 1 heterocycles. The Morgan fingerprint density at radius 1 is 1.23 bits per heavy atom. The highest BCUT2D eigenvalue weighted by atomic mass is 35.5. The molecule has 1 aliphatic rings. The zero-order chi connectivity index (χ0) is 18.7. The van der Waals surface area contributed by atoms with Crippen LogP contribution in [0.1, 0.15) is 39.3 Å². The van der Waals surface area contributed by atoms with E-state index in [-0.39, 0.29) is 17.9 Å². The van der Waals surface area contributed by atoms with Crippen LogP contribution >= 0.6 is 11.6 Å². The number of methoxy groups -OCH3 is 1.